The molecule has 0 atom stereocenters. The highest BCUT2D eigenvalue weighted by Gasteiger charge is 2.33. The molecule has 6 nitrogen and oxygen atoms in total. The van der Waals surface area contributed by atoms with Gasteiger partial charge in [-0.25, -0.2) is 17.2 Å². The van der Waals surface area contributed by atoms with E-state index in [2.05, 4.69) is 0 Å². The number of primary amides is 1. The number of carbonyl (C=O) groups is 1. The Labute approximate surface area is 108 Å². The van der Waals surface area contributed by atoms with Crippen molar-refractivity contribution in [3.8, 4) is 0 Å². The Hall–Kier alpha value is -1.74. The van der Waals surface area contributed by atoms with Crippen molar-refractivity contribution < 1.29 is 22.0 Å². The van der Waals surface area contributed by atoms with Gasteiger partial charge in [-0.3, -0.25) is 4.79 Å². The lowest BCUT2D eigenvalue weighted by Crippen LogP contribution is -2.52. The highest BCUT2D eigenvalue weighted by Crippen LogP contribution is 2.23. The number of hydrogen-bond acceptors (Lipinski definition) is 4. The number of nitrogens with two attached hydrogens (primary N) is 2. The van der Waals surface area contributed by atoms with Crippen LogP contribution in [0.25, 0.3) is 0 Å². The molecule has 0 spiro atoms. The molecule has 106 valence electrons. The van der Waals surface area contributed by atoms with Gasteiger partial charge in [0.15, 0.2) is 5.82 Å². The monoisotopic (exact) mass is 293 g/mol. The molecule has 9 heteroatoms. The van der Waals surface area contributed by atoms with Gasteiger partial charge in [0.05, 0.1) is 0 Å². The third-order valence-electron chi connectivity index (χ3n) is 2.39. The zero-order valence-electron chi connectivity index (χ0n) is 10.2. The summed E-state index contributed by atoms with van der Waals surface area (Å²) in [5.74, 6) is -3.45. The van der Waals surface area contributed by atoms with Gasteiger partial charge < -0.3 is 11.5 Å². The third-order valence-corrected chi connectivity index (χ3v) is 4.06. The summed E-state index contributed by atoms with van der Waals surface area (Å²) < 4.78 is 52.3. The summed E-state index contributed by atoms with van der Waals surface area (Å²) in [6.45, 7) is 2.41. The zero-order valence-corrected chi connectivity index (χ0v) is 11.0. The lowest BCUT2D eigenvalue weighted by molar-refractivity contribution is -0.122. The maximum absolute atomic E-state index is 13.6. The third kappa shape index (κ3) is 2.99. The maximum Gasteiger partial charge on any atom is 0.244 e. The summed E-state index contributed by atoms with van der Waals surface area (Å²) in [6, 6.07) is 1.42. The molecule has 1 amide bonds. The summed E-state index contributed by atoms with van der Waals surface area (Å²) in [7, 11) is -4.41. The standard InChI is InChI=1S/C10H13F2N3O3S/c1-10(2,9(14)16)15-19(17,18)6-4-3-5(11)8(13)7(6)12/h3-4,15H,13H2,1-2H3,(H2,14,16). The summed E-state index contributed by atoms with van der Waals surface area (Å²) in [4.78, 5) is 10.2. The average molecular weight is 293 g/mol. The molecule has 0 saturated carbocycles. The maximum atomic E-state index is 13.6. The molecular formula is C10H13F2N3O3S. The highest BCUT2D eigenvalue weighted by atomic mass is 32.2. The molecule has 1 rings (SSSR count). The van der Waals surface area contributed by atoms with Gasteiger partial charge in [0.25, 0.3) is 0 Å². The van der Waals surface area contributed by atoms with Crippen LogP contribution in [0.4, 0.5) is 14.5 Å². The van der Waals surface area contributed by atoms with E-state index in [0.29, 0.717) is 12.1 Å². The number of hydrogen-bond donors (Lipinski definition) is 3. The fourth-order valence-electron chi connectivity index (χ4n) is 1.20. The van der Waals surface area contributed by atoms with Crippen molar-refractivity contribution in [2.24, 2.45) is 5.73 Å². The first-order chi connectivity index (χ1) is 8.49. The Morgan fingerprint density at radius 1 is 1.32 bits per heavy atom. The van der Waals surface area contributed by atoms with E-state index in [1.807, 2.05) is 4.72 Å². The van der Waals surface area contributed by atoms with Crippen molar-refractivity contribution in [3.05, 3.63) is 23.8 Å². The molecule has 0 unspecified atom stereocenters. The summed E-state index contributed by atoms with van der Waals surface area (Å²) in [5, 5.41) is 0. The van der Waals surface area contributed by atoms with Crippen LogP contribution < -0.4 is 16.2 Å². The van der Waals surface area contributed by atoms with Crippen molar-refractivity contribution in [2.75, 3.05) is 5.73 Å². The first-order valence-corrected chi connectivity index (χ1v) is 6.54. The molecule has 0 aromatic heterocycles. The van der Waals surface area contributed by atoms with E-state index in [1.165, 1.54) is 13.8 Å². The van der Waals surface area contributed by atoms with Gasteiger partial charge >= 0.3 is 0 Å². The Kier molecular flexibility index (Phi) is 3.82. The number of amides is 1. The number of anilines is 1. The van der Waals surface area contributed by atoms with Gasteiger partial charge in [-0.15, -0.1) is 0 Å². The number of halogens is 2. The molecule has 0 saturated heterocycles. The number of carbonyl (C=O) groups excluding carboxylic acids is 1. The normalized spacial score (nSPS) is 12.4. The molecule has 1 aromatic carbocycles. The minimum atomic E-state index is -4.41. The fourth-order valence-corrected chi connectivity index (χ4v) is 2.67. The van der Waals surface area contributed by atoms with Crippen LogP contribution in [0.5, 0.6) is 0 Å². The molecule has 0 aliphatic carbocycles. The van der Waals surface area contributed by atoms with Crippen molar-refractivity contribution in [2.45, 2.75) is 24.3 Å². The van der Waals surface area contributed by atoms with Crippen LogP contribution in [0.3, 0.4) is 0 Å². The predicted octanol–water partition coefficient (Wildman–Crippen LogP) is 0.0892. The van der Waals surface area contributed by atoms with E-state index < -0.39 is 43.7 Å². The SMILES string of the molecule is CC(C)(NS(=O)(=O)c1ccc(F)c(N)c1F)C(N)=O. The van der Waals surface area contributed by atoms with E-state index in [9.17, 15) is 22.0 Å². The average Bonchev–Trinajstić information content (AvgIpc) is 2.23. The highest BCUT2D eigenvalue weighted by molar-refractivity contribution is 7.89. The van der Waals surface area contributed by atoms with E-state index in [-0.39, 0.29) is 0 Å². The van der Waals surface area contributed by atoms with Crippen molar-refractivity contribution in [1.82, 2.24) is 4.72 Å². The lowest BCUT2D eigenvalue weighted by atomic mass is 10.1. The quantitative estimate of drug-likeness (QED) is 0.682. The molecule has 0 bridgehead atoms. The largest absolute Gasteiger partial charge is 0.394 e. The predicted molar refractivity (Wildman–Crippen MR) is 64.4 cm³/mol. The van der Waals surface area contributed by atoms with E-state index >= 15 is 0 Å². The summed E-state index contributed by atoms with van der Waals surface area (Å²) in [5.41, 5.74) is 7.52. The van der Waals surface area contributed by atoms with Gasteiger partial charge in [-0.05, 0) is 26.0 Å². The molecular weight excluding hydrogens is 280 g/mol. The van der Waals surface area contributed by atoms with Crippen LogP contribution in [0, 0.1) is 11.6 Å². The first-order valence-electron chi connectivity index (χ1n) is 5.06. The Balaban J connectivity index is 3.30. The van der Waals surface area contributed by atoms with Gasteiger partial charge in [0.1, 0.15) is 21.9 Å². The minimum absolute atomic E-state index is 0.709. The number of sulfonamides is 1. The molecule has 1 aromatic rings. The second-order valence-electron chi connectivity index (χ2n) is 4.37. The number of benzene rings is 1. The summed E-state index contributed by atoms with van der Waals surface area (Å²) in [6.07, 6.45) is 0. The summed E-state index contributed by atoms with van der Waals surface area (Å²) >= 11 is 0. The molecule has 5 N–H and O–H groups in total. The van der Waals surface area contributed by atoms with Crippen LogP contribution in [0.1, 0.15) is 13.8 Å². The van der Waals surface area contributed by atoms with Gasteiger partial charge in [-0.1, -0.05) is 0 Å². The Morgan fingerprint density at radius 3 is 2.32 bits per heavy atom. The molecule has 0 fully saturated rings. The first kappa shape index (κ1) is 15.3. The molecule has 0 aliphatic heterocycles. The van der Waals surface area contributed by atoms with Crippen LogP contribution in [-0.2, 0) is 14.8 Å². The van der Waals surface area contributed by atoms with Crippen molar-refractivity contribution in [3.63, 3.8) is 0 Å². The Morgan fingerprint density at radius 2 is 1.84 bits per heavy atom. The smallest absolute Gasteiger partial charge is 0.244 e. The molecule has 19 heavy (non-hydrogen) atoms. The number of rotatable bonds is 4. The van der Waals surface area contributed by atoms with Crippen molar-refractivity contribution in [1.29, 1.82) is 0 Å². The zero-order chi connectivity index (χ0) is 15.0. The van der Waals surface area contributed by atoms with Crippen molar-refractivity contribution >= 4 is 21.6 Å². The van der Waals surface area contributed by atoms with E-state index in [0.717, 1.165) is 0 Å². The number of nitrogen functional groups attached to an aromatic ring is 1. The minimum Gasteiger partial charge on any atom is -0.394 e. The lowest BCUT2D eigenvalue weighted by Gasteiger charge is -2.22. The van der Waals surface area contributed by atoms with Gasteiger partial charge in [0.2, 0.25) is 15.9 Å². The van der Waals surface area contributed by atoms with E-state index in [1.54, 1.807) is 0 Å². The number of nitrogens with one attached hydrogen (secondary N) is 1. The molecule has 0 aliphatic rings. The fraction of sp³-hybridized carbons (Fsp3) is 0.300. The van der Waals surface area contributed by atoms with Gasteiger partial charge in [-0.2, -0.15) is 4.72 Å². The second-order valence-corrected chi connectivity index (χ2v) is 6.02. The molecule has 0 heterocycles. The van der Waals surface area contributed by atoms with Crippen LogP contribution in [-0.4, -0.2) is 19.9 Å². The van der Waals surface area contributed by atoms with Crippen LogP contribution in [0.2, 0.25) is 0 Å². The topological polar surface area (TPSA) is 115 Å². The Bertz CT molecular complexity index is 629. The van der Waals surface area contributed by atoms with Crippen LogP contribution >= 0.6 is 0 Å². The van der Waals surface area contributed by atoms with E-state index in [4.69, 9.17) is 11.5 Å². The van der Waals surface area contributed by atoms with Crippen LogP contribution in [0.15, 0.2) is 17.0 Å². The molecule has 0 radical (unpaired) electrons. The van der Waals surface area contributed by atoms with Gasteiger partial charge in [0, 0.05) is 0 Å². The second kappa shape index (κ2) is 4.74.